The Hall–Kier alpha value is -1.61. The molecule has 0 bridgehead atoms. The lowest BCUT2D eigenvalue weighted by Gasteiger charge is -2.15. The Kier molecular flexibility index (Phi) is 2.94. The zero-order chi connectivity index (χ0) is 13.6. The van der Waals surface area contributed by atoms with Crippen molar-refractivity contribution in [1.82, 2.24) is 0 Å². The lowest BCUT2D eigenvalue weighted by molar-refractivity contribution is 0.0485. The minimum atomic E-state index is -0.115. The number of benzene rings is 1. The van der Waals surface area contributed by atoms with Crippen LogP contribution in [-0.2, 0) is 4.74 Å². The van der Waals surface area contributed by atoms with Crippen LogP contribution in [0.1, 0.15) is 31.3 Å². The van der Waals surface area contributed by atoms with E-state index >= 15 is 0 Å². The van der Waals surface area contributed by atoms with Crippen LogP contribution in [0.25, 0.3) is 11.0 Å². The summed E-state index contributed by atoms with van der Waals surface area (Å²) in [6, 6.07) is 9.52. The number of para-hydroxylation sites is 1. The summed E-state index contributed by atoms with van der Waals surface area (Å²) >= 11 is 0. The fraction of sp³-hybridized carbons (Fsp3) is 0.438. The van der Waals surface area contributed by atoms with E-state index in [9.17, 15) is 4.79 Å². The predicted molar refractivity (Wildman–Crippen MR) is 73.2 cm³/mol. The van der Waals surface area contributed by atoms with Gasteiger partial charge >= 0.3 is 0 Å². The van der Waals surface area contributed by atoms with Crippen molar-refractivity contribution >= 4 is 16.8 Å². The zero-order valence-electron chi connectivity index (χ0n) is 11.4. The van der Waals surface area contributed by atoms with Crippen LogP contribution >= 0.6 is 0 Å². The summed E-state index contributed by atoms with van der Waals surface area (Å²) in [6.07, 6.45) is 0.0686. The second kappa shape index (κ2) is 4.49. The van der Waals surface area contributed by atoms with Crippen molar-refractivity contribution in [1.29, 1.82) is 0 Å². The molecule has 1 aliphatic rings. The quantitative estimate of drug-likeness (QED) is 0.771. The molecule has 100 valence electrons. The maximum Gasteiger partial charge on any atom is 0.204 e. The molecule has 1 saturated heterocycles. The van der Waals surface area contributed by atoms with Crippen molar-refractivity contribution < 1.29 is 13.9 Å². The fourth-order valence-electron chi connectivity index (χ4n) is 2.99. The van der Waals surface area contributed by atoms with Gasteiger partial charge < -0.3 is 9.15 Å². The topological polar surface area (TPSA) is 39.4 Å². The maximum atomic E-state index is 12.6. The van der Waals surface area contributed by atoms with Gasteiger partial charge in [0.15, 0.2) is 5.76 Å². The minimum Gasteiger partial charge on any atom is -0.453 e. The van der Waals surface area contributed by atoms with E-state index in [1.807, 2.05) is 44.2 Å². The average molecular weight is 258 g/mol. The molecule has 3 rings (SSSR count). The second-order valence-electron chi connectivity index (χ2n) is 5.44. The first-order chi connectivity index (χ1) is 9.08. The smallest absolute Gasteiger partial charge is 0.204 e. The predicted octanol–water partition coefficient (Wildman–Crippen LogP) is 3.68. The molecule has 0 N–H and O–H groups in total. The normalized spacial score (nSPS) is 30.9. The molecule has 1 aliphatic heterocycles. The highest BCUT2D eigenvalue weighted by atomic mass is 16.5. The highest BCUT2D eigenvalue weighted by Gasteiger charge is 2.42. The van der Waals surface area contributed by atoms with E-state index in [0.717, 1.165) is 11.0 Å². The largest absolute Gasteiger partial charge is 0.453 e. The number of Topliss-reactive ketones (excluding diaryl/α,β-unsaturated/α-hetero) is 1. The molecular formula is C16H18O3. The summed E-state index contributed by atoms with van der Waals surface area (Å²) < 4.78 is 11.4. The Morgan fingerprint density at radius 1 is 1.11 bits per heavy atom. The average Bonchev–Trinajstić information content (AvgIpc) is 2.91. The molecular weight excluding hydrogens is 240 g/mol. The van der Waals surface area contributed by atoms with Gasteiger partial charge in [-0.25, -0.2) is 0 Å². The number of ketones is 1. The van der Waals surface area contributed by atoms with Gasteiger partial charge in [-0.15, -0.1) is 0 Å². The summed E-state index contributed by atoms with van der Waals surface area (Å²) in [4.78, 5) is 12.6. The maximum absolute atomic E-state index is 12.6. The van der Waals surface area contributed by atoms with Crippen molar-refractivity contribution in [3.8, 4) is 0 Å². The Labute approximate surface area is 112 Å². The molecule has 0 aliphatic carbocycles. The molecule has 1 aromatic carbocycles. The minimum absolute atomic E-state index is 0.0503. The lowest BCUT2D eigenvalue weighted by Crippen LogP contribution is -2.26. The first kappa shape index (κ1) is 12.4. The van der Waals surface area contributed by atoms with E-state index < -0.39 is 0 Å². The molecule has 0 saturated carbocycles. The second-order valence-corrected chi connectivity index (χ2v) is 5.44. The molecule has 3 nitrogen and oxygen atoms in total. The number of hydrogen-bond donors (Lipinski definition) is 0. The fourth-order valence-corrected chi connectivity index (χ4v) is 2.99. The van der Waals surface area contributed by atoms with Crippen LogP contribution in [0.4, 0.5) is 0 Å². The summed E-state index contributed by atoms with van der Waals surface area (Å²) in [5.74, 6) is 0.606. The van der Waals surface area contributed by atoms with Crippen LogP contribution in [0, 0.1) is 11.8 Å². The molecule has 0 amide bonds. The molecule has 2 aromatic rings. The molecule has 1 fully saturated rings. The number of hydrogen-bond acceptors (Lipinski definition) is 3. The third-order valence-corrected chi connectivity index (χ3v) is 4.21. The highest BCUT2D eigenvalue weighted by Crippen LogP contribution is 2.35. The molecule has 0 radical (unpaired) electrons. The first-order valence-electron chi connectivity index (χ1n) is 6.76. The summed E-state index contributed by atoms with van der Waals surface area (Å²) in [6.45, 7) is 6.05. The van der Waals surface area contributed by atoms with Crippen molar-refractivity contribution in [2.45, 2.75) is 33.0 Å². The number of fused-ring (bicyclic) bond motifs is 1. The number of furan rings is 1. The third kappa shape index (κ3) is 1.98. The number of ether oxygens (including phenoxy) is 1. The van der Waals surface area contributed by atoms with E-state index in [1.165, 1.54) is 0 Å². The molecule has 4 unspecified atom stereocenters. The zero-order valence-corrected chi connectivity index (χ0v) is 11.4. The van der Waals surface area contributed by atoms with Crippen LogP contribution in [0.2, 0.25) is 0 Å². The van der Waals surface area contributed by atoms with Gasteiger partial charge in [0.1, 0.15) is 5.58 Å². The number of rotatable bonds is 2. The Bertz CT molecular complexity index is 580. The van der Waals surface area contributed by atoms with E-state index in [0.29, 0.717) is 5.76 Å². The van der Waals surface area contributed by atoms with E-state index in [4.69, 9.17) is 9.15 Å². The number of carbonyl (C=O) groups is 1. The van der Waals surface area contributed by atoms with Crippen molar-refractivity contribution in [2.75, 3.05) is 0 Å². The van der Waals surface area contributed by atoms with Crippen LogP contribution in [0.15, 0.2) is 34.7 Å². The lowest BCUT2D eigenvalue weighted by atomic mass is 9.85. The third-order valence-electron chi connectivity index (χ3n) is 4.21. The molecule has 2 heterocycles. The Balaban J connectivity index is 1.95. The molecule has 4 atom stereocenters. The highest BCUT2D eigenvalue weighted by molar-refractivity contribution is 5.99. The summed E-state index contributed by atoms with van der Waals surface area (Å²) in [5.41, 5.74) is 0.762. The van der Waals surface area contributed by atoms with Crippen LogP contribution in [-0.4, -0.2) is 18.0 Å². The van der Waals surface area contributed by atoms with Crippen molar-refractivity contribution in [3.05, 3.63) is 36.1 Å². The van der Waals surface area contributed by atoms with E-state index in [1.54, 1.807) is 0 Å². The van der Waals surface area contributed by atoms with Gasteiger partial charge in [-0.05, 0) is 31.9 Å². The SMILES string of the molecule is CC1OC(C)C(C(=O)c2cc3ccccc3o2)C1C. The molecule has 3 heteroatoms. The summed E-state index contributed by atoms with van der Waals surface area (Å²) in [7, 11) is 0. The van der Waals surface area contributed by atoms with Gasteiger partial charge in [-0.2, -0.15) is 0 Å². The number of carbonyl (C=O) groups excluding carboxylic acids is 1. The van der Waals surface area contributed by atoms with Crippen molar-refractivity contribution in [2.24, 2.45) is 11.8 Å². The van der Waals surface area contributed by atoms with Crippen molar-refractivity contribution in [3.63, 3.8) is 0 Å². The molecule has 19 heavy (non-hydrogen) atoms. The van der Waals surface area contributed by atoms with Crippen LogP contribution < -0.4 is 0 Å². The van der Waals surface area contributed by atoms with E-state index in [-0.39, 0.29) is 29.8 Å². The van der Waals surface area contributed by atoms with Gasteiger partial charge in [-0.1, -0.05) is 25.1 Å². The standard InChI is InChI=1S/C16H18O3/c1-9-10(2)18-11(3)15(9)16(17)14-8-12-6-4-5-7-13(12)19-14/h4-11,15H,1-3H3. The van der Waals surface area contributed by atoms with Gasteiger partial charge in [0.25, 0.3) is 0 Å². The van der Waals surface area contributed by atoms with Gasteiger partial charge in [-0.3, -0.25) is 4.79 Å². The molecule has 0 spiro atoms. The van der Waals surface area contributed by atoms with Crippen LogP contribution in [0.5, 0.6) is 0 Å². The Morgan fingerprint density at radius 2 is 1.84 bits per heavy atom. The van der Waals surface area contributed by atoms with Crippen LogP contribution in [0.3, 0.4) is 0 Å². The van der Waals surface area contributed by atoms with Gasteiger partial charge in [0.05, 0.1) is 18.1 Å². The summed E-state index contributed by atoms with van der Waals surface area (Å²) in [5, 5.41) is 0.970. The van der Waals surface area contributed by atoms with Gasteiger partial charge in [0, 0.05) is 5.39 Å². The molecule has 1 aromatic heterocycles. The Morgan fingerprint density at radius 3 is 2.47 bits per heavy atom. The van der Waals surface area contributed by atoms with E-state index in [2.05, 4.69) is 6.92 Å². The first-order valence-corrected chi connectivity index (χ1v) is 6.76. The van der Waals surface area contributed by atoms with Gasteiger partial charge in [0.2, 0.25) is 5.78 Å². The monoisotopic (exact) mass is 258 g/mol.